The number of fused-ring (bicyclic) bond motifs is 2. The zero-order chi connectivity index (χ0) is 18.8. The van der Waals surface area contributed by atoms with Crippen molar-refractivity contribution in [3.05, 3.63) is 76.7 Å². The molecule has 0 bridgehead atoms. The number of nitrogens with zero attached hydrogens (tertiary/aromatic N) is 3. The molecule has 4 rings (SSSR count). The molecule has 1 aromatic carbocycles. The summed E-state index contributed by atoms with van der Waals surface area (Å²) in [5.74, 6) is 1.25. The van der Waals surface area contributed by atoms with E-state index in [9.17, 15) is 4.79 Å². The van der Waals surface area contributed by atoms with Gasteiger partial charge in [-0.05, 0) is 48.9 Å². The minimum Gasteiger partial charge on any atom is -0.488 e. The molecule has 3 heterocycles. The maximum Gasteiger partial charge on any atom is 0.244 e. The summed E-state index contributed by atoms with van der Waals surface area (Å²) in [4.78, 5) is 12.3. The van der Waals surface area contributed by atoms with Gasteiger partial charge >= 0.3 is 0 Å². The number of hydrogen-bond donors (Lipinski definition) is 1. The first-order valence-electron chi connectivity index (χ1n) is 8.51. The molecule has 0 saturated carbocycles. The first-order chi connectivity index (χ1) is 13.1. The van der Waals surface area contributed by atoms with Gasteiger partial charge in [-0.2, -0.15) is 0 Å². The van der Waals surface area contributed by atoms with Crippen LogP contribution in [0.1, 0.15) is 24.4 Å². The summed E-state index contributed by atoms with van der Waals surface area (Å²) in [5, 5.41) is 11.8. The topological polar surface area (TPSA) is 68.5 Å². The van der Waals surface area contributed by atoms with E-state index in [0.717, 1.165) is 22.5 Å². The van der Waals surface area contributed by atoms with Crippen LogP contribution in [0.25, 0.3) is 11.7 Å². The van der Waals surface area contributed by atoms with E-state index in [4.69, 9.17) is 16.3 Å². The number of ether oxygens (including phenoxy) is 1. The van der Waals surface area contributed by atoms with Crippen LogP contribution in [0.15, 0.2) is 60.3 Å². The molecular formula is C20H17ClN4O2. The Labute approximate surface area is 161 Å². The second-order valence-corrected chi connectivity index (χ2v) is 6.68. The highest BCUT2D eigenvalue weighted by atomic mass is 35.5. The second kappa shape index (κ2) is 7.25. The van der Waals surface area contributed by atoms with Gasteiger partial charge in [0.15, 0.2) is 11.5 Å². The third-order valence-electron chi connectivity index (χ3n) is 4.24. The Hall–Kier alpha value is -3.12. The monoisotopic (exact) mass is 380 g/mol. The predicted octanol–water partition coefficient (Wildman–Crippen LogP) is 3.59. The summed E-state index contributed by atoms with van der Waals surface area (Å²) >= 11 is 6.02. The first kappa shape index (κ1) is 17.3. The van der Waals surface area contributed by atoms with Crippen LogP contribution in [0.2, 0.25) is 5.02 Å². The van der Waals surface area contributed by atoms with Crippen LogP contribution in [-0.2, 0) is 4.79 Å². The van der Waals surface area contributed by atoms with E-state index < -0.39 is 0 Å². The Morgan fingerprint density at radius 3 is 3.11 bits per heavy atom. The SMILES string of the molecule is CC(NC(=O)/C=C/C1=Cc2cc(Cl)ccc2OC1)c1nnc2ccccn12. The lowest BCUT2D eigenvalue weighted by atomic mass is 10.1. The normalized spacial score (nSPS) is 14.5. The average Bonchev–Trinajstić information content (AvgIpc) is 3.10. The second-order valence-electron chi connectivity index (χ2n) is 6.24. The van der Waals surface area contributed by atoms with Crippen molar-refractivity contribution >= 4 is 29.2 Å². The van der Waals surface area contributed by atoms with Crippen molar-refractivity contribution in [1.29, 1.82) is 0 Å². The fraction of sp³-hybridized carbons (Fsp3) is 0.150. The fourth-order valence-electron chi connectivity index (χ4n) is 2.93. The van der Waals surface area contributed by atoms with E-state index in [1.165, 1.54) is 6.08 Å². The maximum atomic E-state index is 12.3. The van der Waals surface area contributed by atoms with Crippen molar-refractivity contribution < 1.29 is 9.53 Å². The summed E-state index contributed by atoms with van der Waals surface area (Å²) in [6.07, 6.45) is 7.07. The van der Waals surface area contributed by atoms with Crippen LogP contribution in [0.3, 0.4) is 0 Å². The molecule has 0 fully saturated rings. The Bertz CT molecular complexity index is 1070. The van der Waals surface area contributed by atoms with Crippen molar-refractivity contribution in [2.45, 2.75) is 13.0 Å². The Balaban J connectivity index is 1.45. The van der Waals surface area contributed by atoms with E-state index >= 15 is 0 Å². The third-order valence-corrected chi connectivity index (χ3v) is 4.48. The highest BCUT2D eigenvalue weighted by Crippen LogP contribution is 2.29. The zero-order valence-electron chi connectivity index (χ0n) is 14.6. The Kier molecular flexibility index (Phi) is 4.64. The number of aromatic nitrogens is 3. The first-order valence-corrected chi connectivity index (χ1v) is 8.89. The molecule has 136 valence electrons. The van der Waals surface area contributed by atoms with Gasteiger partial charge in [0.1, 0.15) is 12.4 Å². The standard InChI is InChI=1S/C20H17ClN4O2/c1-13(20-24-23-18-4-2-3-9-25(18)20)22-19(26)8-5-14-10-15-11-16(21)6-7-17(15)27-12-14/h2-11,13H,12H2,1H3,(H,22,26)/b8-5+. The quantitative estimate of drug-likeness (QED) is 0.702. The van der Waals surface area contributed by atoms with E-state index in [0.29, 0.717) is 17.5 Å². The molecule has 0 saturated heterocycles. The van der Waals surface area contributed by atoms with Crippen LogP contribution >= 0.6 is 11.6 Å². The minimum atomic E-state index is -0.282. The lowest BCUT2D eigenvalue weighted by Crippen LogP contribution is -2.26. The molecular weight excluding hydrogens is 364 g/mol. The predicted molar refractivity (Wildman–Crippen MR) is 104 cm³/mol. The number of carbonyl (C=O) groups excluding carboxylic acids is 1. The molecule has 0 radical (unpaired) electrons. The number of nitrogens with one attached hydrogen (secondary N) is 1. The molecule has 1 aliphatic heterocycles. The van der Waals surface area contributed by atoms with Crippen molar-refractivity contribution in [3.8, 4) is 5.75 Å². The number of carbonyl (C=O) groups is 1. The number of amides is 1. The van der Waals surface area contributed by atoms with Crippen LogP contribution in [0.5, 0.6) is 5.75 Å². The number of pyridine rings is 1. The van der Waals surface area contributed by atoms with Gasteiger partial charge in [-0.3, -0.25) is 9.20 Å². The zero-order valence-corrected chi connectivity index (χ0v) is 15.3. The molecule has 6 nitrogen and oxygen atoms in total. The lowest BCUT2D eigenvalue weighted by molar-refractivity contribution is -0.117. The van der Waals surface area contributed by atoms with E-state index in [-0.39, 0.29) is 11.9 Å². The number of hydrogen-bond acceptors (Lipinski definition) is 4. The van der Waals surface area contributed by atoms with Crippen LogP contribution in [-0.4, -0.2) is 27.1 Å². The van der Waals surface area contributed by atoms with Crippen LogP contribution in [0.4, 0.5) is 0 Å². The Morgan fingerprint density at radius 1 is 1.33 bits per heavy atom. The van der Waals surface area contributed by atoms with E-state index in [1.807, 2.05) is 53.9 Å². The van der Waals surface area contributed by atoms with Gasteiger partial charge in [-0.15, -0.1) is 10.2 Å². The number of halogens is 1. The fourth-order valence-corrected chi connectivity index (χ4v) is 3.11. The number of benzene rings is 1. The van der Waals surface area contributed by atoms with Gasteiger partial charge < -0.3 is 10.1 Å². The van der Waals surface area contributed by atoms with Crippen molar-refractivity contribution in [3.63, 3.8) is 0 Å². The largest absolute Gasteiger partial charge is 0.488 e. The summed E-state index contributed by atoms with van der Waals surface area (Å²) in [6.45, 7) is 2.28. The van der Waals surface area contributed by atoms with Gasteiger partial charge in [-0.1, -0.05) is 23.7 Å². The van der Waals surface area contributed by atoms with Crippen molar-refractivity contribution in [1.82, 2.24) is 19.9 Å². The summed E-state index contributed by atoms with van der Waals surface area (Å²) in [5.41, 5.74) is 2.53. The molecule has 1 aliphatic rings. The van der Waals surface area contributed by atoms with Crippen LogP contribution in [0, 0.1) is 0 Å². The molecule has 1 amide bonds. The summed E-state index contributed by atoms with van der Waals surface area (Å²) in [7, 11) is 0. The highest BCUT2D eigenvalue weighted by Gasteiger charge is 2.15. The van der Waals surface area contributed by atoms with Gasteiger partial charge in [0.05, 0.1) is 6.04 Å². The van der Waals surface area contributed by atoms with Crippen molar-refractivity contribution in [2.75, 3.05) is 6.61 Å². The lowest BCUT2D eigenvalue weighted by Gasteiger charge is -2.16. The molecule has 2 aromatic heterocycles. The summed E-state index contributed by atoms with van der Waals surface area (Å²) < 4.78 is 7.53. The van der Waals surface area contributed by atoms with Gasteiger partial charge in [0.25, 0.3) is 0 Å². The van der Waals surface area contributed by atoms with E-state index in [2.05, 4.69) is 15.5 Å². The molecule has 0 spiro atoms. The van der Waals surface area contributed by atoms with Gasteiger partial charge in [0.2, 0.25) is 5.91 Å². The highest BCUT2D eigenvalue weighted by molar-refractivity contribution is 6.30. The van der Waals surface area contributed by atoms with Gasteiger partial charge in [0, 0.05) is 22.9 Å². The maximum absolute atomic E-state index is 12.3. The van der Waals surface area contributed by atoms with Gasteiger partial charge in [-0.25, -0.2) is 0 Å². The molecule has 7 heteroatoms. The van der Waals surface area contributed by atoms with E-state index in [1.54, 1.807) is 12.1 Å². The third kappa shape index (κ3) is 3.71. The van der Waals surface area contributed by atoms with Crippen LogP contribution < -0.4 is 10.1 Å². The molecule has 3 aromatic rings. The summed E-state index contributed by atoms with van der Waals surface area (Å²) in [6, 6.07) is 10.8. The molecule has 1 atom stereocenters. The number of rotatable bonds is 4. The Morgan fingerprint density at radius 2 is 2.22 bits per heavy atom. The van der Waals surface area contributed by atoms with Crippen molar-refractivity contribution in [2.24, 2.45) is 0 Å². The minimum absolute atomic E-state index is 0.215. The average molecular weight is 381 g/mol. The smallest absolute Gasteiger partial charge is 0.244 e. The molecule has 1 N–H and O–H groups in total. The molecule has 27 heavy (non-hydrogen) atoms. The molecule has 1 unspecified atom stereocenters. The molecule has 0 aliphatic carbocycles.